The fraction of sp³-hybridized carbons (Fsp3) is 0.571. The first-order valence-corrected chi connectivity index (χ1v) is 9.17. The van der Waals surface area contributed by atoms with E-state index in [1.54, 1.807) is 29.6 Å². The molecule has 2 rings (SSSR count). The summed E-state index contributed by atoms with van der Waals surface area (Å²) in [6, 6.07) is 4.79. The fourth-order valence-electron chi connectivity index (χ4n) is 2.51. The van der Waals surface area contributed by atoms with Gasteiger partial charge in [0.25, 0.3) is 10.2 Å². The van der Waals surface area contributed by atoms with Gasteiger partial charge in [-0.2, -0.15) is 17.0 Å². The van der Waals surface area contributed by atoms with Crippen LogP contribution in [0.25, 0.3) is 0 Å². The molecule has 0 saturated carbocycles. The molecule has 118 valence electrons. The van der Waals surface area contributed by atoms with E-state index in [9.17, 15) is 8.42 Å². The predicted octanol–water partition coefficient (Wildman–Crippen LogP) is 3.72. The first kappa shape index (κ1) is 17.0. The first-order valence-electron chi connectivity index (χ1n) is 7.02. The maximum absolute atomic E-state index is 12.7. The van der Waals surface area contributed by atoms with Crippen molar-refractivity contribution in [3.63, 3.8) is 0 Å². The Morgan fingerprint density at radius 1 is 1.19 bits per heavy atom. The van der Waals surface area contributed by atoms with Crippen molar-refractivity contribution in [1.29, 1.82) is 0 Å². The number of hydrogen-bond donors (Lipinski definition) is 0. The van der Waals surface area contributed by atoms with E-state index in [1.807, 2.05) is 6.92 Å². The lowest BCUT2D eigenvalue weighted by Gasteiger charge is -2.33. The Kier molecular flexibility index (Phi) is 5.54. The molecule has 1 heterocycles. The van der Waals surface area contributed by atoms with Crippen molar-refractivity contribution in [3.8, 4) is 0 Å². The van der Waals surface area contributed by atoms with Crippen molar-refractivity contribution in [1.82, 2.24) is 8.61 Å². The molecular formula is C14H20Cl2N2O2S. The number of hydrogen-bond acceptors (Lipinski definition) is 2. The van der Waals surface area contributed by atoms with Gasteiger partial charge in [-0.1, -0.05) is 35.7 Å². The Bertz CT molecular complexity index is 601. The van der Waals surface area contributed by atoms with Crippen molar-refractivity contribution >= 4 is 33.4 Å². The van der Waals surface area contributed by atoms with Crippen LogP contribution in [0.5, 0.6) is 0 Å². The van der Waals surface area contributed by atoms with Crippen LogP contribution in [-0.2, 0) is 10.2 Å². The number of benzene rings is 1. The Hall–Kier alpha value is -0.330. The molecule has 1 aromatic rings. The zero-order valence-electron chi connectivity index (χ0n) is 12.2. The summed E-state index contributed by atoms with van der Waals surface area (Å²) in [5, 5.41) is 1.02. The van der Waals surface area contributed by atoms with Gasteiger partial charge in [-0.15, -0.1) is 0 Å². The molecule has 0 N–H and O–H groups in total. The van der Waals surface area contributed by atoms with Gasteiger partial charge in [0.05, 0.1) is 0 Å². The molecule has 0 aliphatic carbocycles. The van der Waals surface area contributed by atoms with Crippen molar-refractivity contribution in [2.45, 2.75) is 32.2 Å². The summed E-state index contributed by atoms with van der Waals surface area (Å²) in [7, 11) is -1.86. The van der Waals surface area contributed by atoms with Crippen molar-refractivity contribution in [2.24, 2.45) is 0 Å². The Balaban J connectivity index is 2.23. The summed E-state index contributed by atoms with van der Waals surface area (Å²) >= 11 is 12.1. The highest BCUT2D eigenvalue weighted by atomic mass is 35.5. The van der Waals surface area contributed by atoms with Gasteiger partial charge in [0.15, 0.2) is 0 Å². The van der Waals surface area contributed by atoms with Gasteiger partial charge in [-0.05, 0) is 37.5 Å². The normalized spacial score (nSPS) is 18.9. The monoisotopic (exact) mass is 350 g/mol. The highest BCUT2D eigenvalue weighted by molar-refractivity contribution is 7.86. The van der Waals surface area contributed by atoms with Gasteiger partial charge >= 0.3 is 0 Å². The third-order valence-electron chi connectivity index (χ3n) is 3.96. The summed E-state index contributed by atoms with van der Waals surface area (Å²) < 4.78 is 28.3. The molecule has 0 amide bonds. The highest BCUT2D eigenvalue weighted by Crippen LogP contribution is 2.31. The third kappa shape index (κ3) is 3.71. The summed E-state index contributed by atoms with van der Waals surface area (Å²) in [6.45, 7) is 3.01. The molecule has 0 unspecified atom stereocenters. The lowest BCUT2D eigenvalue weighted by atomic mass is 10.1. The number of rotatable bonds is 4. The van der Waals surface area contributed by atoms with Gasteiger partial charge in [0.1, 0.15) is 0 Å². The third-order valence-corrected chi connectivity index (χ3v) is 6.59. The van der Waals surface area contributed by atoms with Gasteiger partial charge in [-0.25, -0.2) is 0 Å². The second kappa shape index (κ2) is 6.84. The minimum absolute atomic E-state index is 0.346. The van der Waals surface area contributed by atoms with Crippen molar-refractivity contribution in [2.75, 3.05) is 20.1 Å². The fourth-order valence-corrected chi connectivity index (χ4v) is 4.68. The smallest absolute Gasteiger partial charge is 0.195 e. The predicted molar refractivity (Wildman–Crippen MR) is 87.0 cm³/mol. The molecule has 0 bridgehead atoms. The number of piperidine rings is 1. The molecular weight excluding hydrogens is 331 g/mol. The van der Waals surface area contributed by atoms with Crippen LogP contribution in [0.4, 0.5) is 0 Å². The van der Waals surface area contributed by atoms with E-state index in [1.165, 1.54) is 4.31 Å². The van der Waals surface area contributed by atoms with E-state index in [0.717, 1.165) is 24.8 Å². The Labute approximate surface area is 136 Å². The topological polar surface area (TPSA) is 40.6 Å². The summed E-state index contributed by atoms with van der Waals surface area (Å²) in [5.41, 5.74) is 0.754. The van der Waals surface area contributed by atoms with E-state index in [2.05, 4.69) is 0 Å². The van der Waals surface area contributed by atoms with Gasteiger partial charge in [0, 0.05) is 36.2 Å². The lowest BCUT2D eigenvalue weighted by molar-refractivity contribution is 0.297. The molecule has 0 aromatic heterocycles. The van der Waals surface area contributed by atoms with Crippen LogP contribution in [0.15, 0.2) is 18.2 Å². The molecule has 0 spiro atoms. The Morgan fingerprint density at radius 2 is 1.81 bits per heavy atom. The molecule has 1 saturated heterocycles. The van der Waals surface area contributed by atoms with E-state index in [0.29, 0.717) is 23.1 Å². The van der Waals surface area contributed by atoms with Crippen LogP contribution < -0.4 is 0 Å². The van der Waals surface area contributed by atoms with E-state index >= 15 is 0 Å². The zero-order chi connectivity index (χ0) is 15.6. The SMILES string of the molecule is C[C@@H](c1ccc(Cl)cc1Cl)N(C)S(=O)(=O)N1CCCCC1. The van der Waals surface area contributed by atoms with Crippen LogP contribution in [0.2, 0.25) is 10.0 Å². The molecule has 1 atom stereocenters. The molecule has 4 nitrogen and oxygen atoms in total. The first-order chi connectivity index (χ1) is 9.84. The number of nitrogens with zero attached hydrogens (tertiary/aromatic N) is 2. The molecule has 7 heteroatoms. The van der Waals surface area contributed by atoms with E-state index in [4.69, 9.17) is 23.2 Å². The average Bonchev–Trinajstić information content (AvgIpc) is 2.46. The highest BCUT2D eigenvalue weighted by Gasteiger charge is 2.32. The molecule has 0 radical (unpaired) electrons. The molecule has 1 aliphatic rings. The summed E-state index contributed by atoms with van der Waals surface area (Å²) in [6.07, 6.45) is 2.93. The second-order valence-electron chi connectivity index (χ2n) is 5.33. The van der Waals surface area contributed by atoms with Crippen LogP contribution >= 0.6 is 23.2 Å². The van der Waals surface area contributed by atoms with E-state index < -0.39 is 10.2 Å². The van der Waals surface area contributed by atoms with Crippen molar-refractivity contribution in [3.05, 3.63) is 33.8 Å². The van der Waals surface area contributed by atoms with Crippen LogP contribution in [0, 0.1) is 0 Å². The van der Waals surface area contributed by atoms with Gasteiger partial charge < -0.3 is 0 Å². The molecule has 1 aliphatic heterocycles. The average molecular weight is 351 g/mol. The van der Waals surface area contributed by atoms with Gasteiger partial charge in [0.2, 0.25) is 0 Å². The quantitative estimate of drug-likeness (QED) is 0.830. The van der Waals surface area contributed by atoms with Crippen LogP contribution in [0.3, 0.4) is 0 Å². The minimum Gasteiger partial charge on any atom is -0.195 e. The Morgan fingerprint density at radius 3 is 2.38 bits per heavy atom. The minimum atomic E-state index is -3.46. The summed E-state index contributed by atoms with van der Waals surface area (Å²) in [4.78, 5) is 0. The number of halogens is 2. The van der Waals surface area contributed by atoms with E-state index in [-0.39, 0.29) is 6.04 Å². The standard InChI is InChI=1S/C14H20Cl2N2O2S/c1-11(13-7-6-12(15)10-14(13)16)17(2)21(19,20)18-8-4-3-5-9-18/h6-7,10-11H,3-5,8-9H2,1-2H3/t11-/m0/s1. The maximum Gasteiger partial charge on any atom is 0.282 e. The second-order valence-corrected chi connectivity index (χ2v) is 8.16. The van der Waals surface area contributed by atoms with Gasteiger partial charge in [-0.3, -0.25) is 0 Å². The maximum atomic E-state index is 12.7. The van der Waals surface area contributed by atoms with Crippen LogP contribution in [-0.4, -0.2) is 37.2 Å². The molecule has 1 aromatic carbocycles. The molecule has 21 heavy (non-hydrogen) atoms. The van der Waals surface area contributed by atoms with Crippen LogP contribution in [0.1, 0.15) is 37.8 Å². The lowest BCUT2D eigenvalue weighted by Crippen LogP contribution is -2.45. The largest absolute Gasteiger partial charge is 0.282 e. The zero-order valence-corrected chi connectivity index (χ0v) is 14.5. The summed E-state index contributed by atoms with van der Waals surface area (Å²) in [5.74, 6) is 0. The molecule has 1 fully saturated rings. The van der Waals surface area contributed by atoms with Crippen molar-refractivity contribution < 1.29 is 8.42 Å².